The molecule has 0 spiro atoms. The van der Waals surface area contributed by atoms with Gasteiger partial charge in [-0.1, -0.05) is 5.56 Å². The molecule has 0 aromatic carbocycles. The van der Waals surface area contributed by atoms with Crippen molar-refractivity contribution in [3.63, 3.8) is 0 Å². The molecule has 1 aromatic heterocycles. The van der Waals surface area contributed by atoms with Gasteiger partial charge in [0.15, 0.2) is 0 Å². The number of aryl methyl sites for hydroxylation is 2. The quantitative estimate of drug-likeness (QED) is 0.690. The Kier molecular flexibility index (Phi) is 1.38. The summed E-state index contributed by atoms with van der Waals surface area (Å²) in [6.45, 7) is 3.94. The molecule has 0 aliphatic rings. The first-order chi connectivity index (χ1) is 3.30. The summed E-state index contributed by atoms with van der Waals surface area (Å²) >= 11 is 0. The van der Waals surface area contributed by atoms with Gasteiger partial charge in [0, 0.05) is 5.69 Å². The van der Waals surface area contributed by atoms with E-state index in [0.29, 0.717) is 0 Å². The van der Waals surface area contributed by atoms with Crippen molar-refractivity contribution in [2.24, 2.45) is 0 Å². The Hall–Kier alpha value is -1.79. The summed E-state index contributed by atoms with van der Waals surface area (Å²) in [5.41, 5.74) is 2.19. The number of rotatable bonds is 0. The Morgan fingerprint density at radius 1 is 1.50 bits per heavy atom. The van der Waals surface area contributed by atoms with Gasteiger partial charge in [-0.05, 0) is 13.8 Å². The first-order valence-electron chi connectivity index (χ1n) is 2.22. The van der Waals surface area contributed by atoms with E-state index in [1.54, 1.807) is 6.20 Å². The first kappa shape index (κ1) is 6.21. The minimum Gasteiger partial charge on any atom is -0.581 e. The fraction of sp³-hybridized carbons (Fsp3) is 0.400. The summed E-state index contributed by atoms with van der Waals surface area (Å²) in [5.74, 6) is 0. The van der Waals surface area contributed by atoms with E-state index in [1.165, 1.54) is 5.56 Å². The third-order valence-electron chi connectivity index (χ3n) is 1.03. The van der Waals surface area contributed by atoms with E-state index in [2.05, 4.69) is 10.2 Å². The maximum atomic E-state index is 3.77. The topological polar surface area (TPSA) is 27.0 Å². The van der Waals surface area contributed by atoms with Gasteiger partial charge in [0.05, 0.1) is 0 Å². The van der Waals surface area contributed by atoms with E-state index in [0.717, 1.165) is 5.69 Å². The second-order valence-electron chi connectivity index (χ2n) is 1.61. The van der Waals surface area contributed by atoms with Crippen LogP contribution in [0.4, 0.5) is 0 Å². The molecule has 0 aliphatic heterocycles. The summed E-state index contributed by atoms with van der Waals surface area (Å²) < 4.78 is 0. The van der Waals surface area contributed by atoms with Crippen molar-refractivity contribution in [3.8, 4) is 0 Å². The van der Waals surface area contributed by atoms with Crippen molar-refractivity contribution in [1.29, 1.82) is 0 Å². The van der Waals surface area contributed by atoms with Crippen LogP contribution in [-0.2, 0) is 0 Å². The minimum atomic E-state index is 0. The fourth-order valence-electron chi connectivity index (χ4n) is 0.374. The Bertz CT molecular complexity index is 143. The number of nitrogens with zero attached hydrogens (tertiary/aromatic N) is 2. The van der Waals surface area contributed by atoms with Crippen molar-refractivity contribution >= 4 is 0 Å². The summed E-state index contributed by atoms with van der Waals surface area (Å²) in [5, 5.41) is 7.44. The normalized spacial score (nSPS) is 8.25. The van der Waals surface area contributed by atoms with Crippen molar-refractivity contribution < 1.29 is 0 Å². The van der Waals surface area contributed by atoms with Crippen LogP contribution in [0.15, 0.2) is 6.20 Å². The van der Waals surface area contributed by atoms with Crippen molar-refractivity contribution in [2.75, 3.05) is 0 Å². The van der Waals surface area contributed by atoms with E-state index in [9.17, 15) is 0 Å². The molecule has 0 amide bonds. The molecule has 1 radical (unpaired) electrons. The number of hydrogen-bond acceptors (Lipinski definition) is 1. The maximum Gasteiger partial charge on any atom is 0.0158 e. The Labute approximate surface area is 42.6 Å². The van der Waals surface area contributed by atoms with Crippen molar-refractivity contribution in [1.82, 2.24) is 10.2 Å². The molecule has 0 unspecified atom stereocenters. The van der Waals surface area contributed by atoms with Crippen LogP contribution in [0.3, 0.4) is 0 Å². The van der Waals surface area contributed by atoms with Crippen LogP contribution in [0.2, 0.25) is 0 Å². The second kappa shape index (κ2) is 1.78. The molecule has 0 N–H and O–H groups in total. The summed E-state index contributed by atoms with van der Waals surface area (Å²) in [4.78, 5) is 0. The van der Waals surface area contributed by atoms with E-state index in [4.69, 9.17) is 0 Å². The molecule has 2 nitrogen and oxygen atoms in total. The molecular weight excluding hydrogens is 340 g/mol. The SMILES string of the molecule is Cc1c[n-]nc1C.[Es]. The molecule has 1 rings (SSSR count). The largest absolute Gasteiger partial charge is 0.581 e. The average molecular weight is 347 g/mol. The second-order valence-corrected chi connectivity index (χ2v) is 1.61. The van der Waals surface area contributed by atoms with Gasteiger partial charge in [0.25, 0.3) is 0 Å². The summed E-state index contributed by atoms with van der Waals surface area (Å²) in [6.07, 6.45) is 1.76. The molecule has 0 saturated heterocycles. The van der Waals surface area contributed by atoms with Crippen LogP contribution < -0.4 is 5.10 Å². The molecule has 0 bridgehead atoms. The average Bonchev–Trinajstić information content (AvgIpc) is 1.91. The smallest absolute Gasteiger partial charge is 0.0158 e. The molecular formula is C5H7EsN2-. The Morgan fingerprint density at radius 2 is 2.12 bits per heavy atom. The van der Waals surface area contributed by atoms with E-state index in [1.807, 2.05) is 13.8 Å². The molecule has 0 saturated carbocycles. The van der Waals surface area contributed by atoms with Crippen LogP contribution in [-0.4, -0.2) is 5.10 Å². The van der Waals surface area contributed by atoms with Gasteiger partial charge >= 0.3 is 0 Å². The van der Waals surface area contributed by atoms with Gasteiger partial charge in [-0.25, -0.2) is 0 Å². The zero-order valence-electron chi connectivity index (χ0n) is 4.77. The zero-order valence-corrected chi connectivity index (χ0v) is 7.28. The maximum absolute atomic E-state index is 3.77. The van der Waals surface area contributed by atoms with Crippen LogP contribution in [0.1, 0.15) is 11.3 Å². The fourth-order valence-corrected chi connectivity index (χ4v) is 0.374. The van der Waals surface area contributed by atoms with E-state index < -0.39 is 0 Å². The molecule has 3 heteroatoms. The van der Waals surface area contributed by atoms with Crippen LogP contribution in [0, 0.1) is 13.8 Å². The first-order valence-corrected chi connectivity index (χ1v) is 2.22. The monoisotopic (exact) mass is 347 g/mol. The van der Waals surface area contributed by atoms with Gasteiger partial charge in [-0.15, -0.1) is 0 Å². The minimum absolute atomic E-state index is 0. The Balaban J connectivity index is 0.000000490. The predicted octanol–water partition coefficient (Wildman–Crippen LogP) is 0.656. The third-order valence-corrected chi connectivity index (χ3v) is 1.03. The third kappa shape index (κ3) is 0.644. The van der Waals surface area contributed by atoms with Crippen LogP contribution in [0.25, 0.3) is 0 Å². The molecule has 1 aromatic rings. The standard InChI is InChI=1S/C5H7N2.Es/c1-4-3-6-7-5(4)2;/h3H,1-2H3;/q-1;. The van der Waals surface area contributed by atoms with E-state index in [-0.39, 0.29) is 0 Å². The summed E-state index contributed by atoms with van der Waals surface area (Å²) in [6, 6.07) is 0. The van der Waals surface area contributed by atoms with Crippen LogP contribution >= 0.6 is 0 Å². The van der Waals surface area contributed by atoms with Crippen molar-refractivity contribution in [3.05, 3.63) is 17.5 Å². The summed E-state index contributed by atoms with van der Waals surface area (Å²) in [7, 11) is 0. The van der Waals surface area contributed by atoms with E-state index >= 15 is 0 Å². The number of hydrogen-bond donors (Lipinski definition) is 0. The van der Waals surface area contributed by atoms with Gasteiger partial charge in [-0.3, -0.25) is 0 Å². The predicted molar refractivity (Wildman–Crippen MR) is 27.0 cm³/mol. The Morgan fingerprint density at radius 3 is 2.25 bits per heavy atom. The van der Waals surface area contributed by atoms with Gasteiger partial charge in [-0.2, -0.15) is 6.20 Å². The van der Waals surface area contributed by atoms with Crippen molar-refractivity contribution in [2.45, 2.75) is 13.8 Å². The van der Waals surface area contributed by atoms with Crippen LogP contribution in [0.5, 0.6) is 0 Å². The number of aromatic nitrogens is 2. The van der Waals surface area contributed by atoms with Gasteiger partial charge in [0.1, 0.15) is 0 Å². The van der Waals surface area contributed by atoms with Gasteiger partial charge < -0.3 is 10.2 Å². The zero-order chi connectivity index (χ0) is 5.28. The molecule has 8 heavy (non-hydrogen) atoms. The molecule has 1 heterocycles. The molecule has 0 aliphatic carbocycles. The molecule has 49 valence electrons. The molecule has 0 fully saturated rings. The van der Waals surface area contributed by atoms with Gasteiger partial charge in [0.2, 0.25) is 0 Å². The molecule has 0 atom stereocenters.